The summed E-state index contributed by atoms with van der Waals surface area (Å²) in [4.78, 5) is 35.7. The van der Waals surface area contributed by atoms with Crippen LogP contribution in [0.4, 0.5) is 0 Å². The molecule has 1 aromatic carbocycles. The Labute approximate surface area is 153 Å². The van der Waals surface area contributed by atoms with Gasteiger partial charge in [-0.05, 0) is 29.7 Å². The van der Waals surface area contributed by atoms with Crippen molar-refractivity contribution in [3.63, 3.8) is 0 Å². The molecule has 6 heteroatoms. The first kappa shape index (κ1) is 19.7. The maximum atomic E-state index is 12.1. The van der Waals surface area contributed by atoms with E-state index in [1.807, 2.05) is 19.9 Å². The molecule has 6 nitrogen and oxygen atoms in total. The molecular formula is C20H24O6. The Kier molecular flexibility index (Phi) is 6.95. The van der Waals surface area contributed by atoms with Gasteiger partial charge >= 0.3 is 5.97 Å². The summed E-state index contributed by atoms with van der Waals surface area (Å²) in [6.45, 7) is 3.94. The standard InChI is InChI=1S/C20H24O6/c1-13(2)17(20(23)24-3)11-16(22)8-7-15(21)6-4-14-5-9-18-19(10-14)26-12-25-18/h4-6,9-10,13,17H,7-8,11-12H2,1-3H3/b6-4+/t17-/m0/s1. The number of benzene rings is 1. The highest BCUT2D eigenvalue weighted by molar-refractivity contribution is 5.96. The highest BCUT2D eigenvalue weighted by Gasteiger charge is 2.25. The number of carbonyl (C=O) groups is 3. The molecule has 0 aliphatic carbocycles. The van der Waals surface area contributed by atoms with Crippen LogP contribution in [0.25, 0.3) is 6.08 Å². The number of rotatable bonds is 9. The van der Waals surface area contributed by atoms with E-state index >= 15 is 0 Å². The lowest BCUT2D eigenvalue weighted by atomic mass is 9.89. The fourth-order valence-corrected chi connectivity index (χ4v) is 2.64. The summed E-state index contributed by atoms with van der Waals surface area (Å²) in [5, 5.41) is 0. The molecule has 0 aromatic heterocycles. The minimum Gasteiger partial charge on any atom is -0.469 e. The van der Waals surface area contributed by atoms with Crippen LogP contribution in [0.1, 0.15) is 38.7 Å². The van der Waals surface area contributed by atoms with Crippen LogP contribution >= 0.6 is 0 Å². The monoisotopic (exact) mass is 360 g/mol. The Morgan fingerprint density at radius 2 is 1.88 bits per heavy atom. The average molecular weight is 360 g/mol. The van der Waals surface area contributed by atoms with E-state index in [0.717, 1.165) is 5.56 Å². The van der Waals surface area contributed by atoms with Crippen LogP contribution < -0.4 is 9.47 Å². The zero-order valence-electron chi connectivity index (χ0n) is 15.3. The van der Waals surface area contributed by atoms with Crippen molar-refractivity contribution in [1.29, 1.82) is 0 Å². The third-order valence-corrected chi connectivity index (χ3v) is 4.26. The molecule has 1 aliphatic rings. The van der Waals surface area contributed by atoms with Crippen molar-refractivity contribution in [2.45, 2.75) is 33.1 Å². The fourth-order valence-electron chi connectivity index (χ4n) is 2.64. The lowest BCUT2D eigenvalue weighted by Crippen LogP contribution is -2.24. The number of allylic oxidation sites excluding steroid dienone is 1. The Hall–Kier alpha value is -2.63. The predicted molar refractivity (Wildman–Crippen MR) is 95.8 cm³/mol. The van der Waals surface area contributed by atoms with E-state index in [9.17, 15) is 14.4 Å². The van der Waals surface area contributed by atoms with Gasteiger partial charge in [0.05, 0.1) is 13.0 Å². The number of hydrogen-bond acceptors (Lipinski definition) is 6. The topological polar surface area (TPSA) is 78.9 Å². The van der Waals surface area contributed by atoms with Gasteiger partial charge in [-0.3, -0.25) is 14.4 Å². The maximum absolute atomic E-state index is 12.1. The molecule has 0 spiro atoms. The van der Waals surface area contributed by atoms with E-state index in [1.54, 1.807) is 18.2 Å². The number of ketones is 2. The van der Waals surface area contributed by atoms with Gasteiger partial charge in [-0.15, -0.1) is 0 Å². The van der Waals surface area contributed by atoms with Crippen LogP contribution in [0.3, 0.4) is 0 Å². The van der Waals surface area contributed by atoms with E-state index in [1.165, 1.54) is 13.2 Å². The molecule has 2 rings (SSSR count). The van der Waals surface area contributed by atoms with E-state index < -0.39 is 5.92 Å². The van der Waals surface area contributed by atoms with Crippen LogP contribution in [-0.2, 0) is 19.1 Å². The second kappa shape index (κ2) is 9.17. The second-order valence-electron chi connectivity index (χ2n) is 6.53. The fraction of sp³-hybridized carbons (Fsp3) is 0.450. The molecular weight excluding hydrogens is 336 g/mol. The normalized spacial score (nSPS) is 13.8. The molecule has 0 saturated heterocycles. The number of methoxy groups -OCH3 is 1. The summed E-state index contributed by atoms with van der Waals surface area (Å²) in [6, 6.07) is 5.40. The first-order chi connectivity index (χ1) is 12.4. The van der Waals surface area contributed by atoms with E-state index in [2.05, 4.69) is 0 Å². The molecule has 1 aromatic rings. The summed E-state index contributed by atoms with van der Waals surface area (Å²) in [7, 11) is 1.31. The molecule has 140 valence electrons. The minimum absolute atomic E-state index is 0.00741. The van der Waals surface area contributed by atoms with Crippen molar-refractivity contribution >= 4 is 23.6 Å². The molecule has 0 N–H and O–H groups in total. The zero-order valence-corrected chi connectivity index (χ0v) is 15.3. The average Bonchev–Trinajstić information content (AvgIpc) is 3.09. The highest BCUT2D eigenvalue weighted by atomic mass is 16.7. The molecule has 1 heterocycles. The summed E-state index contributed by atoms with van der Waals surface area (Å²) in [5.74, 6) is 0.234. The number of ether oxygens (including phenoxy) is 3. The SMILES string of the molecule is COC(=O)[C@@H](CC(=O)CCC(=O)/C=C/c1ccc2c(c1)OCO2)C(C)C. The van der Waals surface area contributed by atoms with Crippen LogP contribution in [0.15, 0.2) is 24.3 Å². The molecule has 0 unspecified atom stereocenters. The van der Waals surface area contributed by atoms with Crippen molar-refractivity contribution in [2.75, 3.05) is 13.9 Å². The summed E-state index contributed by atoms with van der Waals surface area (Å²) < 4.78 is 15.3. The molecule has 0 amide bonds. The molecule has 1 aliphatic heterocycles. The Bertz CT molecular complexity index is 704. The predicted octanol–water partition coefficient (Wildman–Crippen LogP) is 3.18. The molecule has 0 fully saturated rings. The Morgan fingerprint density at radius 1 is 1.15 bits per heavy atom. The molecule has 1 atom stereocenters. The van der Waals surface area contributed by atoms with E-state index in [4.69, 9.17) is 14.2 Å². The number of esters is 1. The summed E-state index contributed by atoms with van der Waals surface area (Å²) in [5.41, 5.74) is 0.819. The third-order valence-electron chi connectivity index (χ3n) is 4.26. The quantitative estimate of drug-likeness (QED) is 0.497. The van der Waals surface area contributed by atoms with Gasteiger partial charge in [0.15, 0.2) is 17.3 Å². The van der Waals surface area contributed by atoms with Crippen LogP contribution in [-0.4, -0.2) is 31.4 Å². The molecule has 0 radical (unpaired) electrons. The van der Waals surface area contributed by atoms with Gasteiger partial charge in [0.2, 0.25) is 6.79 Å². The second-order valence-corrected chi connectivity index (χ2v) is 6.53. The van der Waals surface area contributed by atoms with Gasteiger partial charge in [0.1, 0.15) is 5.78 Å². The minimum atomic E-state index is -0.466. The largest absolute Gasteiger partial charge is 0.469 e. The van der Waals surface area contributed by atoms with Crippen LogP contribution in [0.2, 0.25) is 0 Å². The van der Waals surface area contributed by atoms with Crippen LogP contribution in [0.5, 0.6) is 11.5 Å². The zero-order chi connectivity index (χ0) is 19.1. The van der Waals surface area contributed by atoms with Crippen molar-refractivity contribution in [1.82, 2.24) is 0 Å². The van der Waals surface area contributed by atoms with Crippen molar-refractivity contribution < 1.29 is 28.6 Å². The first-order valence-electron chi connectivity index (χ1n) is 8.60. The van der Waals surface area contributed by atoms with Crippen molar-refractivity contribution in [3.05, 3.63) is 29.8 Å². The Balaban J connectivity index is 1.82. The van der Waals surface area contributed by atoms with Gasteiger partial charge in [-0.1, -0.05) is 26.0 Å². The van der Waals surface area contributed by atoms with Gasteiger partial charge in [-0.2, -0.15) is 0 Å². The summed E-state index contributed by atoms with van der Waals surface area (Å²) >= 11 is 0. The van der Waals surface area contributed by atoms with Gasteiger partial charge in [0.25, 0.3) is 0 Å². The van der Waals surface area contributed by atoms with Crippen LogP contribution in [0, 0.1) is 11.8 Å². The van der Waals surface area contributed by atoms with Gasteiger partial charge in [-0.25, -0.2) is 0 Å². The lowest BCUT2D eigenvalue weighted by Gasteiger charge is -2.17. The van der Waals surface area contributed by atoms with Gasteiger partial charge < -0.3 is 14.2 Å². The number of hydrogen-bond donors (Lipinski definition) is 0. The van der Waals surface area contributed by atoms with Crippen molar-refractivity contribution in [3.8, 4) is 11.5 Å². The van der Waals surface area contributed by atoms with Gasteiger partial charge in [0, 0.05) is 19.3 Å². The highest BCUT2D eigenvalue weighted by Crippen LogP contribution is 2.32. The molecule has 0 saturated carbocycles. The smallest absolute Gasteiger partial charge is 0.309 e. The van der Waals surface area contributed by atoms with Crippen molar-refractivity contribution in [2.24, 2.45) is 11.8 Å². The van der Waals surface area contributed by atoms with E-state index in [-0.39, 0.29) is 49.5 Å². The first-order valence-corrected chi connectivity index (χ1v) is 8.60. The number of fused-ring (bicyclic) bond motifs is 1. The third kappa shape index (κ3) is 5.44. The number of Topliss-reactive ketones (excluding diaryl/α,β-unsaturated/α-hetero) is 1. The summed E-state index contributed by atoms with van der Waals surface area (Å²) in [6.07, 6.45) is 3.46. The number of carbonyl (C=O) groups excluding carboxylic acids is 3. The van der Waals surface area contributed by atoms with E-state index in [0.29, 0.717) is 11.5 Å². The molecule has 0 bridgehead atoms. The lowest BCUT2D eigenvalue weighted by molar-refractivity contribution is -0.148. The Morgan fingerprint density at radius 3 is 2.58 bits per heavy atom. The molecule has 26 heavy (non-hydrogen) atoms. The maximum Gasteiger partial charge on any atom is 0.309 e.